The second kappa shape index (κ2) is 8.68. The first-order valence-corrected chi connectivity index (χ1v) is 10.4. The van der Waals surface area contributed by atoms with E-state index in [0.29, 0.717) is 0 Å². The molecule has 2 aromatic rings. The van der Waals surface area contributed by atoms with Crippen LogP contribution in [-0.4, -0.2) is 67.4 Å². The van der Waals surface area contributed by atoms with Crippen LogP contribution in [-0.2, 0) is 4.79 Å². The third kappa shape index (κ3) is 4.44. The first kappa shape index (κ1) is 19.5. The lowest BCUT2D eigenvalue weighted by Gasteiger charge is -2.40. The Morgan fingerprint density at radius 1 is 1.03 bits per heavy atom. The Balaban J connectivity index is 1.34. The molecule has 2 aliphatic heterocycles. The normalized spacial score (nSPS) is 19.9. The zero-order chi connectivity index (χ0) is 20.2. The van der Waals surface area contributed by atoms with Gasteiger partial charge in [0.1, 0.15) is 5.75 Å². The highest BCUT2D eigenvalue weighted by Crippen LogP contribution is 2.25. The number of hydrogen-bond donors (Lipinski definition) is 0. The molecule has 2 fully saturated rings. The van der Waals surface area contributed by atoms with Crippen LogP contribution >= 0.6 is 0 Å². The van der Waals surface area contributed by atoms with E-state index in [1.54, 1.807) is 7.11 Å². The average Bonchev–Trinajstić information content (AvgIpc) is 2.79. The minimum atomic E-state index is 0.0372. The molecule has 0 spiro atoms. The maximum atomic E-state index is 13.2. The molecule has 0 bridgehead atoms. The molecule has 0 saturated carbocycles. The fourth-order valence-corrected chi connectivity index (χ4v) is 4.20. The monoisotopic (exact) mass is 395 g/mol. The van der Waals surface area contributed by atoms with Gasteiger partial charge in [-0.3, -0.25) is 4.79 Å². The number of carbonyl (C=O) groups excluding carboxylic acids is 1. The summed E-state index contributed by atoms with van der Waals surface area (Å²) in [6.45, 7) is 6.81. The molecule has 1 unspecified atom stereocenters. The predicted molar refractivity (Wildman–Crippen MR) is 113 cm³/mol. The Labute approximate surface area is 172 Å². The van der Waals surface area contributed by atoms with Crippen molar-refractivity contribution in [1.29, 1.82) is 0 Å². The SMILES string of the molecule is COc1cccc(N2CCN(C(=O)C3CCCN(c4ccc(C)nn4)C3)CC2)c1. The molecule has 1 aromatic carbocycles. The summed E-state index contributed by atoms with van der Waals surface area (Å²) >= 11 is 0. The second-order valence-electron chi connectivity index (χ2n) is 7.83. The molecule has 0 radical (unpaired) electrons. The van der Waals surface area contributed by atoms with E-state index in [2.05, 4.69) is 32.1 Å². The van der Waals surface area contributed by atoms with Crippen LogP contribution in [0.4, 0.5) is 11.5 Å². The number of nitrogens with zero attached hydrogens (tertiary/aromatic N) is 5. The van der Waals surface area contributed by atoms with Gasteiger partial charge in [0, 0.05) is 51.0 Å². The smallest absolute Gasteiger partial charge is 0.227 e. The van der Waals surface area contributed by atoms with Gasteiger partial charge in [0.15, 0.2) is 5.82 Å². The van der Waals surface area contributed by atoms with Crippen molar-refractivity contribution in [2.45, 2.75) is 19.8 Å². The summed E-state index contributed by atoms with van der Waals surface area (Å²) in [5, 5.41) is 8.46. The van der Waals surface area contributed by atoms with Gasteiger partial charge in [-0.1, -0.05) is 6.07 Å². The molecular weight excluding hydrogens is 366 g/mol. The fraction of sp³-hybridized carbons (Fsp3) is 0.500. The number of methoxy groups -OCH3 is 1. The maximum absolute atomic E-state index is 13.2. The number of carbonyl (C=O) groups is 1. The molecule has 2 aliphatic rings. The van der Waals surface area contributed by atoms with Crippen LogP contribution in [0.15, 0.2) is 36.4 Å². The van der Waals surface area contributed by atoms with E-state index in [0.717, 1.165) is 75.1 Å². The number of amides is 1. The number of piperazine rings is 1. The molecule has 1 aromatic heterocycles. The molecule has 154 valence electrons. The summed E-state index contributed by atoms with van der Waals surface area (Å²) in [4.78, 5) is 19.7. The molecule has 2 saturated heterocycles. The van der Waals surface area contributed by atoms with Crippen LogP contribution in [0, 0.1) is 12.8 Å². The summed E-state index contributed by atoms with van der Waals surface area (Å²) < 4.78 is 5.33. The first-order chi connectivity index (χ1) is 14.1. The van der Waals surface area contributed by atoms with Gasteiger partial charge < -0.3 is 19.4 Å². The second-order valence-corrected chi connectivity index (χ2v) is 7.83. The van der Waals surface area contributed by atoms with E-state index in [-0.39, 0.29) is 11.8 Å². The lowest BCUT2D eigenvalue weighted by atomic mass is 9.96. The minimum Gasteiger partial charge on any atom is -0.497 e. The van der Waals surface area contributed by atoms with E-state index in [1.807, 2.05) is 36.1 Å². The predicted octanol–water partition coefficient (Wildman–Crippen LogP) is 2.36. The standard InChI is InChI=1S/C22H29N5O2/c1-17-8-9-21(24-23-17)27-10-4-5-18(16-27)22(28)26-13-11-25(12-14-26)19-6-3-7-20(15-19)29-2/h3,6-9,15,18H,4-5,10-14,16H2,1-2H3. The van der Waals surface area contributed by atoms with Gasteiger partial charge >= 0.3 is 0 Å². The van der Waals surface area contributed by atoms with E-state index < -0.39 is 0 Å². The molecule has 4 rings (SSSR count). The van der Waals surface area contributed by atoms with Crippen molar-refractivity contribution in [3.63, 3.8) is 0 Å². The topological polar surface area (TPSA) is 61.8 Å². The van der Waals surface area contributed by atoms with Crippen molar-refractivity contribution in [2.24, 2.45) is 5.92 Å². The van der Waals surface area contributed by atoms with Crippen molar-refractivity contribution in [3.05, 3.63) is 42.1 Å². The average molecular weight is 396 g/mol. The van der Waals surface area contributed by atoms with E-state index >= 15 is 0 Å². The Hall–Kier alpha value is -2.83. The lowest BCUT2D eigenvalue weighted by molar-refractivity contribution is -0.136. The Kier molecular flexibility index (Phi) is 5.83. The molecule has 1 amide bonds. The number of rotatable bonds is 4. The maximum Gasteiger partial charge on any atom is 0.227 e. The summed E-state index contributed by atoms with van der Waals surface area (Å²) in [7, 11) is 1.69. The van der Waals surface area contributed by atoms with Crippen LogP contribution in [0.25, 0.3) is 0 Å². The number of piperidine rings is 1. The van der Waals surface area contributed by atoms with Gasteiger partial charge in [-0.05, 0) is 44.0 Å². The summed E-state index contributed by atoms with van der Waals surface area (Å²) in [6.07, 6.45) is 1.96. The van der Waals surface area contributed by atoms with Gasteiger partial charge in [0.2, 0.25) is 5.91 Å². The zero-order valence-corrected chi connectivity index (χ0v) is 17.3. The van der Waals surface area contributed by atoms with Crippen molar-refractivity contribution in [1.82, 2.24) is 15.1 Å². The van der Waals surface area contributed by atoms with Crippen molar-refractivity contribution in [3.8, 4) is 5.75 Å². The largest absolute Gasteiger partial charge is 0.497 e. The van der Waals surface area contributed by atoms with Crippen LogP contribution in [0.3, 0.4) is 0 Å². The molecule has 29 heavy (non-hydrogen) atoms. The number of hydrogen-bond acceptors (Lipinski definition) is 6. The van der Waals surface area contributed by atoms with Crippen LogP contribution in [0.2, 0.25) is 0 Å². The van der Waals surface area contributed by atoms with Gasteiger partial charge in [-0.2, -0.15) is 5.10 Å². The highest BCUT2D eigenvalue weighted by molar-refractivity contribution is 5.80. The lowest BCUT2D eigenvalue weighted by Crippen LogP contribution is -2.52. The molecule has 0 aliphatic carbocycles. The van der Waals surface area contributed by atoms with Gasteiger partial charge in [-0.15, -0.1) is 5.10 Å². The van der Waals surface area contributed by atoms with Gasteiger partial charge in [0.05, 0.1) is 18.7 Å². The number of aromatic nitrogens is 2. The third-order valence-corrected chi connectivity index (χ3v) is 5.89. The van der Waals surface area contributed by atoms with E-state index in [1.165, 1.54) is 0 Å². The Bertz CT molecular complexity index is 833. The van der Waals surface area contributed by atoms with E-state index in [4.69, 9.17) is 4.74 Å². The Morgan fingerprint density at radius 2 is 1.86 bits per heavy atom. The van der Waals surface area contributed by atoms with Gasteiger partial charge in [0.25, 0.3) is 0 Å². The highest BCUT2D eigenvalue weighted by Gasteiger charge is 2.31. The molecule has 1 atom stereocenters. The van der Waals surface area contributed by atoms with Gasteiger partial charge in [-0.25, -0.2) is 0 Å². The van der Waals surface area contributed by atoms with Crippen molar-refractivity contribution in [2.75, 3.05) is 56.2 Å². The summed E-state index contributed by atoms with van der Waals surface area (Å²) in [5.74, 6) is 2.05. The molecule has 7 nitrogen and oxygen atoms in total. The quantitative estimate of drug-likeness (QED) is 0.792. The number of anilines is 2. The summed E-state index contributed by atoms with van der Waals surface area (Å²) in [6, 6.07) is 12.1. The number of aryl methyl sites for hydroxylation is 1. The zero-order valence-electron chi connectivity index (χ0n) is 17.3. The Morgan fingerprint density at radius 3 is 2.59 bits per heavy atom. The van der Waals surface area contributed by atoms with Crippen molar-refractivity contribution < 1.29 is 9.53 Å². The van der Waals surface area contributed by atoms with Crippen LogP contribution < -0.4 is 14.5 Å². The van der Waals surface area contributed by atoms with Crippen LogP contribution in [0.5, 0.6) is 5.75 Å². The first-order valence-electron chi connectivity index (χ1n) is 10.4. The highest BCUT2D eigenvalue weighted by atomic mass is 16.5. The molecule has 0 N–H and O–H groups in total. The summed E-state index contributed by atoms with van der Waals surface area (Å²) in [5.41, 5.74) is 2.06. The number of ether oxygens (including phenoxy) is 1. The van der Waals surface area contributed by atoms with Crippen LogP contribution in [0.1, 0.15) is 18.5 Å². The molecule has 3 heterocycles. The third-order valence-electron chi connectivity index (χ3n) is 5.89. The van der Waals surface area contributed by atoms with E-state index in [9.17, 15) is 4.79 Å². The minimum absolute atomic E-state index is 0.0372. The fourth-order valence-electron chi connectivity index (χ4n) is 4.20. The molecule has 7 heteroatoms. The number of benzene rings is 1. The molecular formula is C22H29N5O2. The van der Waals surface area contributed by atoms with Crippen molar-refractivity contribution >= 4 is 17.4 Å².